The van der Waals surface area contributed by atoms with Crippen LogP contribution in [0, 0.1) is 6.92 Å². The molecule has 31 heavy (non-hydrogen) atoms. The van der Waals surface area contributed by atoms with E-state index in [9.17, 15) is 4.79 Å². The molecule has 0 unspecified atom stereocenters. The predicted octanol–water partition coefficient (Wildman–Crippen LogP) is 4.36. The Labute approximate surface area is 186 Å². The van der Waals surface area contributed by atoms with E-state index in [1.54, 1.807) is 11.3 Å². The Morgan fingerprint density at radius 1 is 1.13 bits per heavy atom. The first-order valence-corrected chi connectivity index (χ1v) is 11.3. The third-order valence-electron chi connectivity index (χ3n) is 5.08. The summed E-state index contributed by atoms with van der Waals surface area (Å²) in [7, 11) is 0. The number of carbonyl (C=O) groups is 1. The molecule has 0 saturated carbocycles. The van der Waals surface area contributed by atoms with Gasteiger partial charge < -0.3 is 14.8 Å². The van der Waals surface area contributed by atoms with Crippen molar-refractivity contribution < 1.29 is 14.3 Å². The fraction of sp³-hybridized carbons (Fsp3) is 0.333. The average molecular weight is 438 g/mol. The Morgan fingerprint density at radius 2 is 1.87 bits per heavy atom. The molecule has 1 aromatic heterocycles. The van der Waals surface area contributed by atoms with Crippen LogP contribution in [0.2, 0.25) is 0 Å². The maximum atomic E-state index is 12.5. The Kier molecular flexibility index (Phi) is 7.30. The molecule has 3 aromatic rings. The maximum Gasteiger partial charge on any atom is 0.229 e. The number of hydrogen-bond donors (Lipinski definition) is 1. The van der Waals surface area contributed by atoms with Gasteiger partial charge in [0.1, 0.15) is 5.75 Å². The van der Waals surface area contributed by atoms with Crippen molar-refractivity contribution in [3.05, 3.63) is 65.0 Å². The van der Waals surface area contributed by atoms with Gasteiger partial charge in [0.05, 0.1) is 31.9 Å². The lowest BCUT2D eigenvalue weighted by Gasteiger charge is -2.26. The molecule has 1 N–H and O–H groups in total. The van der Waals surface area contributed by atoms with Crippen LogP contribution in [0.1, 0.15) is 16.9 Å². The molecule has 0 aliphatic carbocycles. The highest BCUT2D eigenvalue weighted by atomic mass is 32.1. The summed E-state index contributed by atoms with van der Waals surface area (Å²) in [5.74, 6) is 0.671. The first-order chi connectivity index (χ1) is 15.2. The molecule has 1 aliphatic rings. The van der Waals surface area contributed by atoms with Gasteiger partial charge in [-0.2, -0.15) is 0 Å². The largest absolute Gasteiger partial charge is 0.493 e. The van der Waals surface area contributed by atoms with E-state index in [-0.39, 0.29) is 12.3 Å². The van der Waals surface area contributed by atoms with Gasteiger partial charge in [-0.1, -0.05) is 59.4 Å². The normalized spacial score (nSPS) is 14.4. The number of morpholine rings is 1. The fourth-order valence-electron chi connectivity index (χ4n) is 3.37. The summed E-state index contributed by atoms with van der Waals surface area (Å²) in [6.45, 7) is 6.48. The van der Waals surface area contributed by atoms with Crippen LogP contribution in [0.4, 0.5) is 5.13 Å². The van der Waals surface area contributed by atoms with Gasteiger partial charge in [0.2, 0.25) is 5.91 Å². The number of nitrogens with one attached hydrogen (secondary N) is 1. The lowest BCUT2D eigenvalue weighted by Crippen LogP contribution is -2.35. The van der Waals surface area contributed by atoms with E-state index in [4.69, 9.17) is 14.5 Å². The topological polar surface area (TPSA) is 63.7 Å². The van der Waals surface area contributed by atoms with Crippen LogP contribution in [0.25, 0.3) is 11.3 Å². The van der Waals surface area contributed by atoms with Crippen molar-refractivity contribution in [2.24, 2.45) is 0 Å². The van der Waals surface area contributed by atoms with Gasteiger partial charge in [0.25, 0.3) is 0 Å². The Morgan fingerprint density at radius 3 is 2.61 bits per heavy atom. The van der Waals surface area contributed by atoms with Crippen LogP contribution in [0.5, 0.6) is 5.75 Å². The maximum absolute atomic E-state index is 12.5. The molecule has 0 spiro atoms. The number of aromatic nitrogens is 1. The number of aryl methyl sites for hydroxylation is 1. The van der Waals surface area contributed by atoms with Gasteiger partial charge in [-0.05, 0) is 19.1 Å². The summed E-state index contributed by atoms with van der Waals surface area (Å²) in [6, 6.07) is 17.9. The summed E-state index contributed by atoms with van der Waals surface area (Å²) >= 11 is 1.54. The van der Waals surface area contributed by atoms with E-state index < -0.39 is 0 Å². The minimum atomic E-state index is -0.0987. The van der Waals surface area contributed by atoms with Crippen LogP contribution in [0.15, 0.2) is 54.6 Å². The highest BCUT2D eigenvalue weighted by Gasteiger charge is 2.19. The molecule has 0 bridgehead atoms. The van der Waals surface area contributed by atoms with Crippen molar-refractivity contribution in [1.29, 1.82) is 0 Å². The van der Waals surface area contributed by atoms with Crippen molar-refractivity contribution in [1.82, 2.24) is 9.88 Å². The molecule has 2 heterocycles. The number of rotatable bonds is 8. The van der Waals surface area contributed by atoms with Crippen molar-refractivity contribution >= 4 is 22.4 Å². The Bertz CT molecular complexity index is 983. The van der Waals surface area contributed by atoms with Gasteiger partial charge in [-0.3, -0.25) is 9.69 Å². The number of hydrogen-bond acceptors (Lipinski definition) is 6. The smallest absolute Gasteiger partial charge is 0.229 e. The van der Waals surface area contributed by atoms with Crippen molar-refractivity contribution in [2.45, 2.75) is 19.9 Å². The van der Waals surface area contributed by atoms with E-state index in [1.807, 2.05) is 49.4 Å². The fourth-order valence-corrected chi connectivity index (χ4v) is 4.42. The summed E-state index contributed by atoms with van der Waals surface area (Å²) in [4.78, 5) is 20.7. The molecule has 0 atom stereocenters. The summed E-state index contributed by atoms with van der Waals surface area (Å²) in [5, 5.41) is 3.58. The summed E-state index contributed by atoms with van der Waals surface area (Å²) in [6.07, 6.45) is 0.271. The minimum Gasteiger partial charge on any atom is -0.493 e. The third kappa shape index (κ3) is 6.13. The monoisotopic (exact) mass is 437 g/mol. The van der Waals surface area contributed by atoms with E-state index >= 15 is 0 Å². The molecule has 162 valence electrons. The van der Waals surface area contributed by atoms with Crippen molar-refractivity contribution in [3.8, 4) is 17.0 Å². The highest BCUT2D eigenvalue weighted by Crippen LogP contribution is 2.32. The SMILES string of the molecule is Cc1ccc(OCCC(=O)Nc2nc(-c3ccccc3)c(CN3CCOCC3)s2)cc1. The van der Waals surface area contributed by atoms with E-state index in [1.165, 1.54) is 5.56 Å². The van der Waals surface area contributed by atoms with Gasteiger partial charge in [-0.25, -0.2) is 4.98 Å². The molecule has 1 aliphatic heterocycles. The van der Waals surface area contributed by atoms with Gasteiger partial charge in [-0.15, -0.1) is 0 Å². The standard InChI is InChI=1S/C24H27N3O3S/c1-18-7-9-20(10-8-18)30-14-11-22(28)25-24-26-23(19-5-3-2-4-6-19)21(31-24)17-27-12-15-29-16-13-27/h2-10H,11-17H2,1H3,(H,25,26,28). The quantitative estimate of drug-likeness (QED) is 0.567. The molecule has 1 saturated heterocycles. The highest BCUT2D eigenvalue weighted by molar-refractivity contribution is 7.16. The van der Waals surface area contributed by atoms with Crippen molar-refractivity contribution in [2.75, 3.05) is 38.2 Å². The number of ether oxygens (including phenoxy) is 2. The zero-order chi connectivity index (χ0) is 21.5. The average Bonchev–Trinajstić information content (AvgIpc) is 3.18. The molecular weight excluding hydrogens is 410 g/mol. The van der Waals surface area contributed by atoms with Crippen molar-refractivity contribution in [3.63, 3.8) is 0 Å². The van der Waals surface area contributed by atoms with Crippen LogP contribution in [-0.2, 0) is 16.1 Å². The van der Waals surface area contributed by atoms with Crippen LogP contribution in [0.3, 0.4) is 0 Å². The van der Waals surface area contributed by atoms with E-state index in [0.29, 0.717) is 11.7 Å². The number of anilines is 1. The minimum absolute atomic E-state index is 0.0987. The second kappa shape index (κ2) is 10.5. The number of benzene rings is 2. The lowest BCUT2D eigenvalue weighted by molar-refractivity contribution is -0.116. The van der Waals surface area contributed by atoms with Crippen LogP contribution >= 0.6 is 11.3 Å². The third-order valence-corrected chi connectivity index (χ3v) is 6.04. The molecule has 7 heteroatoms. The molecule has 1 fully saturated rings. The number of carbonyl (C=O) groups excluding carboxylic acids is 1. The second-order valence-corrected chi connectivity index (χ2v) is 8.59. The van der Waals surface area contributed by atoms with Gasteiger partial charge in [0, 0.05) is 30.1 Å². The van der Waals surface area contributed by atoms with Gasteiger partial charge >= 0.3 is 0 Å². The zero-order valence-corrected chi connectivity index (χ0v) is 18.5. The molecule has 1 amide bonds. The first kappa shape index (κ1) is 21.5. The molecule has 0 radical (unpaired) electrons. The Hall–Kier alpha value is -2.74. The molecular formula is C24H27N3O3S. The summed E-state index contributed by atoms with van der Waals surface area (Å²) in [5.41, 5.74) is 3.17. The Balaban J connectivity index is 1.39. The molecule has 4 rings (SSSR count). The van der Waals surface area contributed by atoms with Crippen LogP contribution < -0.4 is 10.1 Å². The molecule has 6 nitrogen and oxygen atoms in total. The summed E-state index contributed by atoms with van der Waals surface area (Å²) < 4.78 is 11.1. The lowest BCUT2D eigenvalue weighted by atomic mass is 10.1. The number of nitrogens with zero attached hydrogens (tertiary/aromatic N) is 2. The second-order valence-electron chi connectivity index (χ2n) is 7.51. The number of amides is 1. The van der Waals surface area contributed by atoms with E-state index in [0.717, 1.165) is 54.7 Å². The number of thiazole rings is 1. The first-order valence-electron chi connectivity index (χ1n) is 10.5. The van der Waals surface area contributed by atoms with Crippen LogP contribution in [-0.4, -0.2) is 48.7 Å². The predicted molar refractivity (Wildman–Crippen MR) is 124 cm³/mol. The molecule has 2 aromatic carbocycles. The van der Waals surface area contributed by atoms with Gasteiger partial charge in [0.15, 0.2) is 5.13 Å². The van der Waals surface area contributed by atoms with E-state index in [2.05, 4.69) is 22.3 Å². The zero-order valence-electron chi connectivity index (χ0n) is 17.7.